The second kappa shape index (κ2) is 4.38. The minimum absolute atomic E-state index is 0.246. The van der Waals surface area contributed by atoms with Gasteiger partial charge in [0.1, 0.15) is 0 Å². The maximum absolute atomic E-state index is 13.2. The number of hydrogen-bond acceptors (Lipinski definition) is 2. The van der Waals surface area contributed by atoms with E-state index in [1.54, 1.807) is 18.2 Å². The van der Waals surface area contributed by atoms with E-state index in [0.29, 0.717) is 5.69 Å². The third-order valence-electron chi connectivity index (χ3n) is 2.70. The van der Waals surface area contributed by atoms with Crippen molar-refractivity contribution in [2.45, 2.75) is 25.6 Å². The fourth-order valence-corrected chi connectivity index (χ4v) is 1.83. The van der Waals surface area contributed by atoms with Crippen LogP contribution >= 0.6 is 0 Å². The molecule has 0 saturated heterocycles. The average Bonchev–Trinajstić information content (AvgIpc) is 2.74. The molecule has 0 amide bonds. The molecule has 0 aliphatic rings. The largest absolute Gasteiger partial charge is 0.433 e. The Morgan fingerprint density at radius 3 is 2.16 bits per heavy atom. The van der Waals surface area contributed by atoms with Crippen molar-refractivity contribution in [1.29, 1.82) is 0 Å². The van der Waals surface area contributed by atoms with Crippen LogP contribution in [0.4, 0.5) is 13.2 Å². The Bertz CT molecular complexity index is 568. The van der Waals surface area contributed by atoms with E-state index >= 15 is 0 Å². The Morgan fingerprint density at radius 2 is 1.68 bits per heavy atom. The molecule has 0 saturated carbocycles. The van der Waals surface area contributed by atoms with Crippen molar-refractivity contribution in [2.75, 3.05) is 0 Å². The summed E-state index contributed by atoms with van der Waals surface area (Å²) in [6.07, 6.45) is -3.54. The summed E-state index contributed by atoms with van der Waals surface area (Å²) in [6, 6.07) is 8.01. The molecule has 0 unspecified atom stereocenters. The van der Waals surface area contributed by atoms with Crippen LogP contribution in [0.2, 0.25) is 0 Å². The fraction of sp³-hybridized carbons (Fsp3) is 0.308. The van der Waals surface area contributed by atoms with Crippen molar-refractivity contribution in [3.63, 3.8) is 0 Å². The van der Waals surface area contributed by atoms with E-state index in [1.807, 2.05) is 0 Å². The maximum atomic E-state index is 13.2. The van der Waals surface area contributed by atoms with Gasteiger partial charge in [0.25, 0.3) is 0 Å². The van der Waals surface area contributed by atoms with Crippen LogP contribution in [0.15, 0.2) is 36.5 Å². The van der Waals surface area contributed by atoms with E-state index in [2.05, 4.69) is 5.10 Å². The molecular weight excluding hydrogens is 257 g/mol. The molecule has 0 aliphatic heterocycles. The highest BCUT2D eigenvalue weighted by Crippen LogP contribution is 2.37. The second-order valence-corrected chi connectivity index (χ2v) is 4.71. The van der Waals surface area contributed by atoms with Gasteiger partial charge in [-0.1, -0.05) is 18.2 Å². The highest BCUT2D eigenvalue weighted by Gasteiger charge is 2.42. The van der Waals surface area contributed by atoms with Crippen LogP contribution in [0, 0.1) is 0 Å². The normalized spacial score (nSPS) is 12.7. The molecule has 0 atom stereocenters. The summed E-state index contributed by atoms with van der Waals surface area (Å²) in [7, 11) is 0. The summed E-state index contributed by atoms with van der Waals surface area (Å²) in [5, 5.41) is 13.6. The molecule has 1 N–H and O–H groups in total. The molecule has 0 fully saturated rings. The Morgan fingerprint density at radius 1 is 1.11 bits per heavy atom. The molecule has 0 radical (unpaired) electrons. The van der Waals surface area contributed by atoms with Crippen molar-refractivity contribution in [3.8, 4) is 5.69 Å². The summed E-state index contributed by atoms with van der Waals surface area (Å²) in [4.78, 5) is 0. The van der Waals surface area contributed by atoms with Crippen molar-refractivity contribution in [2.24, 2.45) is 0 Å². The monoisotopic (exact) mass is 270 g/mol. The van der Waals surface area contributed by atoms with Crippen LogP contribution < -0.4 is 0 Å². The number of para-hydroxylation sites is 1. The van der Waals surface area contributed by atoms with Crippen LogP contribution in [0.5, 0.6) is 0 Å². The molecule has 0 aliphatic carbocycles. The van der Waals surface area contributed by atoms with E-state index in [1.165, 1.54) is 26.0 Å². The van der Waals surface area contributed by atoms with Gasteiger partial charge in [-0.3, -0.25) is 0 Å². The number of hydrogen-bond donors (Lipinski definition) is 1. The molecule has 0 spiro atoms. The molecule has 102 valence electrons. The Labute approximate surface area is 108 Å². The van der Waals surface area contributed by atoms with Crippen molar-refractivity contribution in [1.82, 2.24) is 9.78 Å². The quantitative estimate of drug-likeness (QED) is 0.910. The lowest BCUT2D eigenvalue weighted by Gasteiger charge is -2.20. The molecule has 6 heteroatoms. The van der Waals surface area contributed by atoms with E-state index in [9.17, 15) is 18.3 Å². The summed E-state index contributed by atoms with van der Waals surface area (Å²) < 4.78 is 40.4. The first kappa shape index (κ1) is 13.6. The molecular formula is C13H13F3N2O. The lowest BCUT2D eigenvalue weighted by atomic mass is 9.99. The fourth-order valence-electron chi connectivity index (χ4n) is 1.83. The zero-order valence-electron chi connectivity index (χ0n) is 10.4. The van der Waals surface area contributed by atoms with Gasteiger partial charge in [0.05, 0.1) is 17.5 Å². The lowest BCUT2D eigenvalue weighted by Crippen LogP contribution is -2.23. The number of aliphatic hydroxyl groups is 1. The first-order valence-corrected chi connectivity index (χ1v) is 5.65. The van der Waals surface area contributed by atoms with Crippen LogP contribution in [0.3, 0.4) is 0 Å². The highest BCUT2D eigenvalue weighted by atomic mass is 19.4. The summed E-state index contributed by atoms with van der Waals surface area (Å²) in [5.74, 6) is 0. The zero-order chi connectivity index (χ0) is 14.3. The summed E-state index contributed by atoms with van der Waals surface area (Å²) >= 11 is 0. The predicted molar refractivity (Wildman–Crippen MR) is 63.8 cm³/mol. The third kappa shape index (κ3) is 2.63. The van der Waals surface area contributed by atoms with Crippen LogP contribution in [0.25, 0.3) is 5.69 Å². The second-order valence-electron chi connectivity index (χ2n) is 4.71. The number of rotatable bonds is 2. The van der Waals surface area contributed by atoms with Crippen molar-refractivity contribution in [3.05, 3.63) is 47.8 Å². The van der Waals surface area contributed by atoms with E-state index in [-0.39, 0.29) is 5.56 Å². The molecule has 0 bridgehead atoms. The van der Waals surface area contributed by atoms with Gasteiger partial charge < -0.3 is 5.11 Å². The topological polar surface area (TPSA) is 38.1 Å². The van der Waals surface area contributed by atoms with Crippen LogP contribution in [0.1, 0.15) is 25.1 Å². The Kier molecular flexibility index (Phi) is 3.14. The first-order chi connectivity index (χ1) is 8.71. The van der Waals surface area contributed by atoms with Gasteiger partial charge >= 0.3 is 6.18 Å². The Hall–Kier alpha value is -1.82. The number of alkyl halides is 3. The summed E-state index contributed by atoms with van der Waals surface area (Å²) in [6.45, 7) is 2.60. The lowest BCUT2D eigenvalue weighted by molar-refractivity contribution is -0.145. The standard InChI is InChI=1S/C13H13F3N2O/c1-12(2,19)10-8-17-18(11(10)13(14,15)16)9-6-4-3-5-7-9/h3-8,19H,1-2H3. The van der Waals surface area contributed by atoms with Gasteiger partial charge in [0.15, 0.2) is 5.69 Å². The summed E-state index contributed by atoms with van der Waals surface area (Å²) in [5.41, 5.74) is -2.52. The molecule has 19 heavy (non-hydrogen) atoms. The molecule has 1 aromatic carbocycles. The first-order valence-electron chi connectivity index (χ1n) is 5.65. The van der Waals surface area contributed by atoms with Gasteiger partial charge in [-0.2, -0.15) is 18.3 Å². The van der Waals surface area contributed by atoms with Crippen LogP contribution in [-0.2, 0) is 11.8 Å². The number of aromatic nitrogens is 2. The van der Waals surface area contributed by atoms with E-state index in [4.69, 9.17) is 0 Å². The minimum atomic E-state index is -4.60. The van der Waals surface area contributed by atoms with Crippen LogP contribution in [-0.4, -0.2) is 14.9 Å². The van der Waals surface area contributed by atoms with Gasteiger partial charge in [-0.25, -0.2) is 4.68 Å². The Balaban J connectivity index is 2.68. The number of benzene rings is 1. The smallest absolute Gasteiger partial charge is 0.386 e. The highest BCUT2D eigenvalue weighted by molar-refractivity contribution is 5.37. The number of nitrogens with zero attached hydrogens (tertiary/aromatic N) is 2. The van der Waals surface area contributed by atoms with E-state index < -0.39 is 17.5 Å². The maximum Gasteiger partial charge on any atom is 0.433 e. The van der Waals surface area contributed by atoms with Gasteiger partial charge in [0.2, 0.25) is 0 Å². The van der Waals surface area contributed by atoms with Gasteiger partial charge in [0, 0.05) is 5.56 Å². The molecule has 1 aromatic heterocycles. The zero-order valence-corrected chi connectivity index (χ0v) is 10.4. The molecule has 1 heterocycles. The van der Waals surface area contributed by atoms with Crippen molar-refractivity contribution >= 4 is 0 Å². The van der Waals surface area contributed by atoms with Gasteiger partial charge in [-0.05, 0) is 26.0 Å². The van der Waals surface area contributed by atoms with E-state index in [0.717, 1.165) is 10.9 Å². The SMILES string of the molecule is CC(C)(O)c1cnn(-c2ccccc2)c1C(F)(F)F. The average molecular weight is 270 g/mol. The number of halogens is 3. The minimum Gasteiger partial charge on any atom is -0.386 e. The predicted octanol–water partition coefficient (Wildman–Crippen LogP) is 3.12. The molecule has 2 aromatic rings. The molecule has 3 nitrogen and oxygen atoms in total. The van der Waals surface area contributed by atoms with Gasteiger partial charge in [-0.15, -0.1) is 0 Å². The van der Waals surface area contributed by atoms with Crippen molar-refractivity contribution < 1.29 is 18.3 Å². The molecule has 2 rings (SSSR count). The third-order valence-corrected chi connectivity index (χ3v) is 2.70.